The maximum Gasteiger partial charge on any atom is 0.416 e. The van der Waals surface area contributed by atoms with Crippen molar-refractivity contribution in [3.63, 3.8) is 0 Å². The minimum absolute atomic E-state index is 0.272. The van der Waals surface area contributed by atoms with E-state index in [0.29, 0.717) is 30.6 Å². The fourth-order valence-corrected chi connectivity index (χ4v) is 2.61. The summed E-state index contributed by atoms with van der Waals surface area (Å²) in [6, 6.07) is 4.97. The normalized spacial score (nSPS) is 17.1. The number of halogens is 3. The third-order valence-corrected chi connectivity index (χ3v) is 4.13. The van der Waals surface area contributed by atoms with Crippen molar-refractivity contribution >= 4 is 5.96 Å². The quantitative estimate of drug-likeness (QED) is 0.322. The summed E-state index contributed by atoms with van der Waals surface area (Å²) in [4.78, 5) is 4.08. The molecule has 1 heterocycles. The molecule has 2 N–H and O–H groups in total. The van der Waals surface area contributed by atoms with Gasteiger partial charge in [-0.15, -0.1) is 0 Å². The Hall–Kier alpha value is -2.24. The lowest BCUT2D eigenvalue weighted by molar-refractivity contribution is -0.137. The van der Waals surface area contributed by atoms with Crippen molar-refractivity contribution in [1.82, 2.24) is 10.6 Å². The molecule has 0 aromatic heterocycles. The minimum atomic E-state index is -4.36. The van der Waals surface area contributed by atoms with Crippen LogP contribution in [0.15, 0.2) is 29.3 Å². The first kappa shape index (κ1) is 22.1. The van der Waals surface area contributed by atoms with Crippen LogP contribution in [0.2, 0.25) is 0 Å². The van der Waals surface area contributed by atoms with Gasteiger partial charge in [0.15, 0.2) is 5.96 Å². The molecule has 1 fully saturated rings. The van der Waals surface area contributed by atoms with Gasteiger partial charge in [0.2, 0.25) is 0 Å². The molecule has 154 valence electrons. The maximum atomic E-state index is 12.7. The number of rotatable bonds is 7. The summed E-state index contributed by atoms with van der Waals surface area (Å²) in [7, 11) is 1.64. The van der Waals surface area contributed by atoms with Crippen molar-refractivity contribution in [3.05, 3.63) is 35.4 Å². The van der Waals surface area contributed by atoms with E-state index < -0.39 is 11.7 Å². The molecule has 1 aromatic rings. The van der Waals surface area contributed by atoms with Crippen LogP contribution in [-0.2, 0) is 15.7 Å². The lowest BCUT2D eigenvalue weighted by Gasteiger charge is -2.11. The fourth-order valence-electron chi connectivity index (χ4n) is 2.61. The predicted octanol–water partition coefficient (Wildman–Crippen LogP) is 2.67. The molecule has 1 saturated heterocycles. The Morgan fingerprint density at radius 2 is 2.21 bits per heavy atom. The van der Waals surface area contributed by atoms with Gasteiger partial charge in [0.05, 0.1) is 25.3 Å². The molecule has 0 saturated carbocycles. The first-order chi connectivity index (χ1) is 13.5. The number of guanidine groups is 1. The standard InChI is InChI=1S/C20H26F3N3O2/c1-24-19(26-10-4-11-27-14-17-8-12-28-15-17)25-9-3-6-16-5-2-7-18(13-16)20(21,22)23/h2,5,7,13,17H,4,8-12,14-15H2,1H3,(H2,24,25,26). The van der Waals surface area contributed by atoms with E-state index in [-0.39, 0.29) is 6.54 Å². The maximum absolute atomic E-state index is 12.7. The number of benzene rings is 1. The monoisotopic (exact) mass is 397 g/mol. The topological polar surface area (TPSA) is 54.9 Å². The predicted molar refractivity (Wildman–Crippen MR) is 102 cm³/mol. The van der Waals surface area contributed by atoms with Crippen LogP contribution in [0.25, 0.3) is 0 Å². The van der Waals surface area contributed by atoms with Crippen molar-refractivity contribution < 1.29 is 22.6 Å². The van der Waals surface area contributed by atoms with Crippen molar-refractivity contribution in [2.24, 2.45) is 10.9 Å². The van der Waals surface area contributed by atoms with Gasteiger partial charge in [-0.3, -0.25) is 4.99 Å². The van der Waals surface area contributed by atoms with Crippen LogP contribution in [0.3, 0.4) is 0 Å². The van der Waals surface area contributed by atoms with Crippen LogP contribution in [-0.4, -0.2) is 52.5 Å². The molecule has 1 unspecified atom stereocenters. The van der Waals surface area contributed by atoms with Crippen LogP contribution in [0.5, 0.6) is 0 Å². The number of hydrogen-bond donors (Lipinski definition) is 2. The summed E-state index contributed by atoms with van der Waals surface area (Å²) in [5.41, 5.74) is -0.378. The number of aliphatic imine (C=N–C) groups is 1. The molecule has 2 rings (SSSR count). The fraction of sp³-hybridized carbons (Fsp3) is 0.550. The lowest BCUT2D eigenvalue weighted by atomic mass is 10.1. The Labute approximate surface area is 163 Å². The molecule has 5 nitrogen and oxygen atoms in total. The van der Waals surface area contributed by atoms with E-state index in [0.717, 1.165) is 44.8 Å². The Kier molecular flexibility index (Phi) is 9.11. The molecule has 28 heavy (non-hydrogen) atoms. The SMILES string of the molecule is CN=C(NCC#Cc1cccc(C(F)(F)F)c1)NCCCOCC1CCOC1. The van der Waals surface area contributed by atoms with Gasteiger partial charge < -0.3 is 20.1 Å². The van der Waals surface area contributed by atoms with Crippen LogP contribution in [0.1, 0.15) is 24.0 Å². The van der Waals surface area contributed by atoms with E-state index in [1.807, 2.05) is 0 Å². The first-order valence-corrected chi connectivity index (χ1v) is 9.25. The number of alkyl halides is 3. The van der Waals surface area contributed by atoms with Crippen molar-refractivity contribution in [2.45, 2.75) is 19.0 Å². The summed E-state index contributed by atoms with van der Waals surface area (Å²) in [6.07, 6.45) is -2.46. The summed E-state index contributed by atoms with van der Waals surface area (Å²) in [6.45, 7) is 3.98. The first-order valence-electron chi connectivity index (χ1n) is 9.25. The van der Waals surface area contributed by atoms with Gasteiger partial charge >= 0.3 is 6.18 Å². The van der Waals surface area contributed by atoms with E-state index in [2.05, 4.69) is 27.5 Å². The molecule has 8 heteroatoms. The number of hydrogen-bond acceptors (Lipinski definition) is 3. The van der Waals surface area contributed by atoms with Crippen LogP contribution < -0.4 is 10.6 Å². The second-order valence-corrected chi connectivity index (χ2v) is 6.39. The third-order valence-electron chi connectivity index (χ3n) is 4.13. The van der Waals surface area contributed by atoms with Gasteiger partial charge in [0.25, 0.3) is 0 Å². The molecule has 0 bridgehead atoms. The van der Waals surface area contributed by atoms with Gasteiger partial charge in [-0.1, -0.05) is 17.9 Å². The van der Waals surface area contributed by atoms with Gasteiger partial charge in [0.1, 0.15) is 0 Å². The zero-order valence-electron chi connectivity index (χ0n) is 15.9. The molecule has 0 radical (unpaired) electrons. The number of nitrogens with one attached hydrogen (secondary N) is 2. The Bertz CT molecular complexity index is 690. The zero-order valence-corrected chi connectivity index (χ0v) is 15.9. The molecule has 1 aliphatic rings. The van der Waals surface area contributed by atoms with E-state index in [1.54, 1.807) is 13.1 Å². The van der Waals surface area contributed by atoms with Crippen LogP contribution >= 0.6 is 0 Å². The van der Waals surface area contributed by atoms with E-state index in [1.165, 1.54) is 6.07 Å². The van der Waals surface area contributed by atoms with Crippen molar-refractivity contribution in [2.75, 3.05) is 46.6 Å². The summed E-state index contributed by atoms with van der Waals surface area (Å²) < 4.78 is 49.0. The summed E-state index contributed by atoms with van der Waals surface area (Å²) in [5, 5.41) is 6.15. The van der Waals surface area contributed by atoms with Gasteiger partial charge in [-0.25, -0.2) is 0 Å². The van der Waals surface area contributed by atoms with E-state index in [4.69, 9.17) is 9.47 Å². The summed E-state index contributed by atoms with van der Waals surface area (Å²) >= 11 is 0. The largest absolute Gasteiger partial charge is 0.416 e. The molecule has 1 atom stereocenters. The molecule has 0 amide bonds. The molecule has 0 aliphatic carbocycles. The highest BCUT2D eigenvalue weighted by Crippen LogP contribution is 2.29. The highest BCUT2D eigenvalue weighted by atomic mass is 19.4. The number of ether oxygens (including phenoxy) is 2. The number of nitrogens with zero attached hydrogens (tertiary/aromatic N) is 1. The Morgan fingerprint density at radius 1 is 1.36 bits per heavy atom. The van der Waals surface area contributed by atoms with Crippen molar-refractivity contribution in [1.29, 1.82) is 0 Å². The molecule has 1 aliphatic heterocycles. The van der Waals surface area contributed by atoms with Gasteiger partial charge in [-0.05, 0) is 31.0 Å². The minimum Gasteiger partial charge on any atom is -0.381 e. The van der Waals surface area contributed by atoms with Crippen LogP contribution in [0, 0.1) is 17.8 Å². The van der Waals surface area contributed by atoms with Crippen molar-refractivity contribution in [3.8, 4) is 11.8 Å². The second kappa shape index (κ2) is 11.6. The average Bonchev–Trinajstić information content (AvgIpc) is 3.19. The van der Waals surface area contributed by atoms with E-state index in [9.17, 15) is 13.2 Å². The van der Waals surface area contributed by atoms with Gasteiger partial charge in [0, 0.05) is 38.3 Å². The molecule has 1 aromatic carbocycles. The highest BCUT2D eigenvalue weighted by molar-refractivity contribution is 5.79. The summed E-state index contributed by atoms with van der Waals surface area (Å²) in [5.74, 6) is 6.62. The lowest BCUT2D eigenvalue weighted by Crippen LogP contribution is -2.38. The van der Waals surface area contributed by atoms with Gasteiger partial charge in [-0.2, -0.15) is 13.2 Å². The average molecular weight is 397 g/mol. The Balaban J connectivity index is 1.63. The van der Waals surface area contributed by atoms with E-state index >= 15 is 0 Å². The molecular formula is C20H26F3N3O2. The molecular weight excluding hydrogens is 371 g/mol. The van der Waals surface area contributed by atoms with Crippen LogP contribution in [0.4, 0.5) is 13.2 Å². The Morgan fingerprint density at radius 3 is 2.93 bits per heavy atom. The molecule has 0 spiro atoms. The highest BCUT2D eigenvalue weighted by Gasteiger charge is 2.30. The smallest absolute Gasteiger partial charge is 0.381 e. The second-order valence-electron chi connectivity index (χ2n) is 6.39. The third kappa shape index (κ3) is 8.19. The zero-order chi connectivity index (χ0) is 20.2.